The van der Waals surface area contributed by atoms with E-state index in [0.717, 1.165) is 22.3 Å². The van der Waals surface area contributed by atoms with Gasteiger partial charge in [0.05, 0.1) is 23.2 Å². The van der Waals surface area contributed by atoms with E-state index in [-0.39, 0.29) is 11.7 Å². The second-order valence-electron chi connectivity index (χ2n) is 5.19. The van der Waals surface area contributed by atoms with Crippen molar-refractivity contribution in [2.75, 3.05) is 11.1 Å². The summed E-state index contributed by atoms with van der Waals surface area (Å²) in [4.78, 5) is 25.0. The molecule has 0 atom stereocenters. The zero-order valence-corrected chi connectivity index (χ0v) is 13.7. The van der Waals surface area contributed by atoms with E-state index >= 15 is 0 Å². The van der Waals surface area contributed by atoms with Gasteiger partial charge in [0.15, 0.2) is 5.16 Å². The average molecular weight is 324 g/mol. The lowest BCUT2D eigenvalue weighted by molar-refractivity contribution is -0.113. The number of pyridine rings is 1. The number of nitrogens with zero attached hydrogens (tertiary/aromatic N) is 3. The Morgan fingerprint density at radius 2 is 1.87 bits per heavy atom. The molecular formula is C17H16N4OS. The summed E-state index contributed by atoms with van der Waals surface area (Å²) >= 11 is 1.33. The van der Waals surface area contributed by atoms with Crippen molar-refractivity contribution in [1.82, 2.24) is 15.0 Å². The molecule has 6 heteroatoms. The monoisotopic (exact) mass is 324 g/mol. The third kappa shape index (κ3) is 4.04. The van der Waals surface area contributed by atoms with Gasteiger partial charge >= 0.3 is 0 Å². The van der Waals surface area contributed by atoms with E-state index < -0.39 is 0 Å². The minimum Gasteiger partial charge on any atom is -0.324 e. The molecule has 3 rings (SSSR count). The number of aryl methyl sites for hydroxylation is 2. The average Bonchev–Trinajstić information content (AvgIpc) is 2.52. The number of carbonyl (C=O) groups excluding carboxylic acids is 1. The number of hydrogen-bond acceptors (Lipinski definition) is 5. The third-order valence-electron chi connectivity index (χ3n) is 3.17. The molecule has 1 N–H and O–H groups in total. The summed E-state index contributed by atoms with van der Waals surface area (Å²) in [5.74, 6) is 0.158. The number of rotatable bonds is 4. The van der Waals surface area contributed by atoms with E-state index in [1.807, 2.05) is 50.2 Å². The fourth-order valence-electron chi connectivity index (χ4n) is 2.22. The highest BCUT2D eigenvalue weighted by atomic mass is 32.2. The zero-order valence-electron chi connectivity index (χ0n) is 12.9. The van der Waals surface area contributed by atoms with Gasteiger partial charge in [0.1, 0.15) is 0 Å². The van der Waals surface area contributed by atoms with Crippen molar-refractivity contribution >= 4 is 34.3 Å². The minimum absolute atomic E-state index is 0.102. The summed E-state index contributed by atoms with van der Waals surface area (Å²) in [6, 6.07) is 11.6. The van der Waals surface area contributed by atoms with Gasteiger partial charge in [-0.05, 0) is 32.0 Å². The Kier molecular flexibility index (Phi) is 4.52. The number of carbonyl (C=O) groups is 1. The molecule has 0 fully saturated rings. The van der Waals surface area contributed by atoms with E-state index in [9.17, 15) is 4.79 Å². The maximum Gasteiger partial charge on any atom is 0.234 e. The zero-order chi connectivity index (χ0) is 16.2. The SMILES string of the molecule is Cc1cc(C)nc(SCC(=O)Nc2cnc3ccccc3c2)n1. The topological polar surface area (TPSA) is 67.8 Å². The van der Waals surface area contributed by atoms with E-state index in [1.54, 1.807) is 6.20 Å². The lowest BCUT2D eigenvalue weighted by Crippen LogP contribution is -2.14. The minimum atomic E-state index is -0.102. The summed E-state index contributed by atoms with van der Waals surface area (Å²) < 4.78 is 0. The highest BCUT2D eigenvalue weighted by Gasteiger charge is 2.07. The number of nitrogens with one attached hydrogen (secondary N) is 1. The molecule has 0 aliphatic rings. The van der Waals surface area contributed by atoms with Crippen molar-refractivity contribution < 1.29 is 4.79 Å². The summed E-state index contributed by atoms with van der Waals surface area (Å²) in [6.07, 6.45) is 1.66. The van der Waals surface area contributed by atoms with Gasteiger partial charge in [-0.2, -0.15) is 0 Å². The van der Waals surface area contributed by atoms with Crippen LogP contribution in [0.3, 0.4) is 0 Å². The number of aromatic nitrogens is 3. The number of benzene rings is 1. The van der Waals surface area contributed by atoms with Gasteiger partial charge in [-0.15, -0.1) is 0 Å². The van der Waals surface area contributed by atoms with Crippen LogP contribution in [0.15, 0.2) is 47.8 Å². The molecule has 0 spiro atoms. The Morgan fingerprint density at radius 3 is 2.65 bits per heavy atom. The molecule has 5 nitrogen and oxygen atoms in total. The van der Waals surface area contributed by atoms with Crippen LogP contribution >= 0.6 is 11.8 Å². The first-order valence-electron chi connectivity index (χ1n) is 7.20. The number of para-hydroxylation sites is 1. The molecule has 0 unspecified atom stereocenters. The lowest BCUT2D eigenvalue weighted by Gasteiger charge is -2.06. The largest absolute Gasteiger partial charge is 0.324 e. The van der Waals surface area contributed by atoms with Crippen molar-refractivity contribution in [3.05, 3.63) is 54.0 Å². The fourth-order valence-corrected chi connectivity index (χ4v) is 2.97. The Bertz CT molecular complexity index is 846. The van der Waals surface area contributed by atoms with E-state index in [0.29, 0.717) is 10.8 Å². The van der Waals surface area contributed by atoms with Gasteiger partial charge in [0, 0.05) is 16.8 Å². The van der Waals surface area contributed by atoms with Gasteiger partial charge in [-0.25, -0.2) is 9.97 Å². The van der Waals surface area contributed by atoms with Gasteiger partial charge in [0.2, 0.25) is 5.91 Å². The Balaban J connectivity index is 1.64. The molecule has 1 aromatic carbocycles. The molecular weight excluding hydrogens is 308 g/mol. The Morgan fingerprint density at radius 1 is 1.13 bits per heavy atom. The number of amides is 1. The summed E-state index contributed by atoms with van der Waals surface area (Å²) in [5, 5.41) is 4.47. The van der Waals surface area contributed by atoms with Crippen LogP contribution in [0, 0.1) is 13.8 Å². The second-order valence-corrected chi connectivity index (χ2v) is 6.13. The molecule has 0 radical (unpaired) electrons. The van der Waals surface area contributed by atoms with Crippen molar-refractivity contribution in [2.24, 2.45) is 0 Å². The third-order valence-corrected chi connectivity index (χ3v) is 4.02. The standard InChI is InChI=1S/C17H16N4OS/c1-11-7-12(2)20-17(19-11)23-10-16(22)21-14-8-13-5-3-4-6-15(13)18-9-14/h3-9H,10H2,1-2H3,(H,21,22). The van der Waals surface area contributed by atoms with Crippen molar-refractivity contribution in [1.29, 1.82) is 0 Å². The second kappa shape index (κ2) is 6.75. The maximum absolute atomic E-state index is 12.1. The highest BCUT2D eigenvalue weighted by Crippen LogP contribution is 2.18. The van der Waals surface area contributed by atoms with Gasteiger partial charge in [-0.3, -0.25) is 9.78 Å². The molecule has 0 aliphatic heterocycles. The van der Waals surface area contributed by atoms with Crippen LogP contribution in [0.2, 0.25) is 0 Å². The van der Waals surface area contributed by atoms with Crippen molar-refractivity contribution in [2.45, 2.75) is 19.0 Å². The van der Waals surface area contributed by atoms with Crippen LogP contribution in [0.5, 0.6) is 0 Å². The molecule has 2 heterocycles. The molecule has 0 aliphatic carbocycles. The molecule has 0 saturated heterocycles. The van der Waals surface area contributed by atoms with Crippen LogP contribution < -0.4 is 5.32 Å². The van der Waals surface area contributed by atoms with Crippen molar-refractivity contribution in [3.8, 4) is 0 Å². The maximum atomic E-state index is 12.1. The highest BCUT2D eigenvalue weighted by molar-refractivity contribution is 7.99. The normalized spacial score (nSPS) is 10.7. The van der Waals surface area contributed by atoms with Crippen LogP contribution in [0.25, 0.3) is 10.9 Å². The molecule has 1 amide bonds. The summed E-state index contributed by atoms with van der Waals surface area (Å²) in [6.45, 7) is 3.83. The molecule has 2 aromatic heterocycles. The first-order chi connectivity index (χ1) is 11.1. The van der Waals surface area contributed by atoms with Crippen LogP contribution in [0.1, 0.15) is 11.4 Å². The molecule has 0 bridgehead atoms. The van der Waals surface area contributed by atoms with Crippen LogP contribution in [-0.2, 0) is 4.79 Å². The Hall–Kier alpha value is -2.47. The van der Waals surface area contributed by atoms with Gasteiger partial charge in [-0.1, -0.05) is 30.0 Å². The number of hydrogen-bond donors (Lipinski definition) is 1. The van der Waals surface area contributed by atoms with Crippen LogP contribution in [-0.4, -0.2) is 26.6 Å². The van der Waals surface area contributed by atoms with Crippen molar-refractivity contribution in [3.63, 3.8) is 0 Å². The molecule has 3 aromatic rings. The number of anilines is 1. The lowest BCUT2D eigenvalue weighted by atomic mass is 10.2. The number of thioether (sulfide) groups is 1. The quantitative estimate of drug-likeness (QED) is 0.588. The van der Waals surface area contributed by atoms with Gasteiger partial charge in [0.25, 0.3) is 0 Å². The summed E-state index contributed by atoms with van der Waals surface area (Å²) in [5.41, 5.74) is 3.40. The molecule has 23 heavy (non-hydrogen) atoms. The smallest absolute Gasteiger partial charge is 0.234 e. The molecule has 0 saturated carbocycles. The first-order valence-corrected chi connectivity index (χ1v) is 8.18. The fraction of sp³-hybridized carbons (Fsp3) is 0.176. The number of fused-ring (bicyclic) bond motifs is 1. The van der Waals surface area contributed by atoms with E-state index in [1.165, 1.54) is 11.8 Å². The molecule has 116 valence electrons. The Labute approximate surface area is 138 Å². The predicted molar refractivity (Wildman–Crippen MR) is 92.6 cm³/mol. The predicted octanol–water partition coefficient (Wildman–Crippen LogP) is 3.37. The first kappa shape index (κ1) is 15.4. The van der Waals surface area contributed by atoms with Gasteiger partial charge < -0.3 is 5.32 Å². The van der Waals surface area contributed by atoms with E-state index in [2.05, 4.69) is 20.3 Å². The van der Waals surface area contributed by atoms with Crippen LogP contribution in [0.4, 0.5) is 5.69 Å². The van der Waals surface area contributed by atoms with E-state index in [4.69, 9.17) is 0 Å². The summed E-state index contributed by atoms with van der Waals surface area (Å²) in [7, 11) is 0.